The number of hydrogen-bond acceptors (Lipinski definition) is 1. The Morgan fingerprint density at radius 2 is 1.81 bits per heavy atom. The molecule has 1 rings (SSSR count). The van der Waals surface area contributed by atoms with Crippen LogP contribution in [0.1, 0.15) is 45.1 Å². The Labute approximate surface area is 99.8 Å². The number of rotatable bonds is 7. The first-order valence-electron chi connectivity index (χ1n) is 6.39. The molecule has 1 heteroatoms. The van der Waals surface area contributed by atoms with Crippen molar-refractivity contribution in [2.75, 3.05) is 7.11 Å². The Hall–Kier alpha value is -0.980. The first-order chi connectivity index (χ1) is 7.76. The van der Waals surface area contributed by atoms with E-state index in [9.17, 15) is 0 Å². The molecule has 0 saturated carbocycles. The van der Waals surface area contributed by atoms with Gasteiger partial charge in [-0.3, -0.25) is 0 Å². The monoisotopic (exact) mass is 220 g/mol. The van der Waals surface area contributed by atoms with Crippen molar-refractivity contribution in [1.29, 1.82) is 0 Å². The van der Waals surface area contributed by atoms with Gasteiger partial charge < -0.3 is 4.74 Å². The predicted octanol–water partition coefficient (Wildman–Crippen LogP) is 4.45. The third kappa shape index (κ3) is 4.69. The molecule has 0 fully saturated rings. The quantitative estimate of drug-likeness (QED) is 0.659. The van der Waals surface area contributed by atoms with Crippen molar-refractivity contribution < 1.29 is 4.74 Å². The van der Waals surface area contributed by atoms with Gasteiger partial charge >= 0.3 is 0 Å². The minimum Gasteiger partial charge on any atom is -0.497 e. The molecule has 0 bridgehead atoms. The van der Waals surface area contributed by atoms with E-state index in [1.807, 2.05) is 12.1 Å². The van der Waals surface area contributed by atoms with Crippen LogP contribution in [-0.4, -0.2) is 7.11 Å². The molecule has 0 N–H and O–H groups in total. The van der Waals surface area contributed by atoms with Gasteiger partial charge in [-0.1, -0.05) is 45.2 Å². The molecular weight excluding hydrogens is 196 g/mol. The summed E-state index contributed by atoms with van der Waals surface area (Å²) in [5.41, 5.74) is 1.42. The van der Waals surface area contributed by atoms with E-state index in [0.29, 0.717) is 0 Å². The second-order valence-electron chi connectivity index (χ2n) is 4.63. The van der Waals surface area contributed by atoms with Crippen LogP contribution in [0.3, 0.4) is 0 Å². The second-order valence-corrected chi connectivity index (χ2v) is 4.63. The molecule has 1 aromatic carbocycles. The van der Waals surface area contributed by atoms with Gasteiger partial charge in [0.05, 0.1) is 7.11 Å². The minimum absolute atomic E-state index is 0.849. The van der Waals surface area contributed by atoms with Gasteiger partial charge in [0.25, 0.3) is 0 Å². The molecule has 0 aromatic heterocycles. The van der Waals surface area contributed by atoms with Crippen LogP contribution in [0.2, 0.25) is 0 Å². The van der Waals surface area contributed by atoms with Gasteiger partial charge in [-0.15, -0.1) is 0 Å². The summed E-state index contributed by atoms with van der Waals surface area (Å²) in [6.45, 7) is 4.62. The molecule has 90 valence electrons. The van der Waals surface area contributed by atoms with E-state index in [0.717, 1.165) is 11.7 Å². The molecule has 0 aliphatic carbocycles. The van der Waals surface area contributed by atoms with Crippen LogP contribution in [0.4, 0.5) is 0 Å². The van der Waals surface area contributed by atoms with Crippen LogP contribution in [0.5, 0.6) is 5.75 Å². The zero-order chi connectivity index (χ0) is 11.8. The van der Waals surface area contributed by atoms with Crippen molar-refractivity contribution in [2.24, 2.45) is 5.92 Å². The van der Waals surface area contributed by atoms with Crippen LogP contribution >= 0.6 is 0 Å². The van der Waals surface area contributed by atoms with Crippen LogP contribution in [0.25, 0.3) is 0 Å². The summed E-state index contributed by atoms with van der Waals surface area (Å²) in [6, 6.07) is 8.44. The summed E-state index contributed by atoms with van der Waals surface area (Å²) in [4.78, 5) is 0. The highest BCUT2D eigenvalue weighted by Gasteiger charge is 2.02. The standard InChI is InChI=1S/C15H24O/c1-4-5-6-13(2)7-8-14-9-11-15(16-3)12-10-14/h9-13H,4-8H2,1-3H3. The summed E-state index contributed by atoms with van der Waals surface area (Å²) in [7, 11) is 1.71. The van der Waals surface area contributed by atoms with Crippen molar-refractivity contribution in [3.05, 3.63) is 29.8 Å². The Bertz CT molecular complexity index is 276. The lowest BCUT2D eigenvalue weighted by Crippen LogP contribution is -1.97. The molecule has 16 heavy (non-hydrogen) atoms. The largest absolute Gasteiger partial charge is 0.497 e. The Morgan fingerprint density at radius 1 is 1.12 bits per heavy atom. The molecule has 1 atom stereocenters. The topological polar surface area (TPSA) is 9.23 Å². The molecule has 1 nitrogen and oxygen atoms in total. The maximum absolute atomic E-state index is 5.15. The fraction of sp³-hybridized carbons (Fsp3) is 0.600. The fourth-order valence-corrected chi connectivity index (χ4v) is 1.90. The van der Waals surface area contributed by atoms with Crippen molar-refractivity contribution in [2.45, 2.75) is 46.0 Å². The average Bonchev–Trinajstić information content (AvgIpc) is 2.34. The van der Waals surface area contributed by atoms with E-state index in [-0.39, 0.29) is 0 Å². The number of unbranched alkanes of at least 4 members (excludes halogenated alkanes) is 1. The molecule has 0 radical (unpaired) electrons. The van der Waals surface area contributed by atoms with Gasteiger partial charge in [-0.25, -0.2) is 0 Å². The van der Waals surface area contributed by atoms with Crippen molar-refractivity contribution in [3.63, 3.8) is 0 Å². The van der Waals surface area contributed by atoms with Gasteiger partial charge in [0.15, 0.2) is 0 Å². The van der Waals surface area contributed by atoms with E-state index in [1.54, 1.807) is 7.11 Å². The van der Waals surface area contributed by atoms with Gasteiger partial charge in [0, 0.05) is 0 Å². The lowest BCUT2D eigenvalue weighted by atomic mass is 9.96. The van der Waals surface area contributed by atoms with Crippen LogP contribution < -0.4 is 4.74 Å². The van der Waals surface area contributed by atoms with E-state index in [1.165, 1.54) is 37.7 Å². The van der Waals surface area contributed by atoms with Gasteiger partial charge in [-0.05, 0) is 36.5 Å². The molecule has 0 spiro atoms. The molecule has 0 heterocycles. The number of hydrogen-bond donors (Lipinski definition) is 0. The Kier molecular flexibility index (Phi) is 5.99. The van der Waals surface area contributed by atoms with Crippen molar-refractivity contribution in [1.82, 2.24) is 0 Å². The second kappa shape index (κ2) is 7.32. The highest BCUT2D eigenvalue weighted by Crippen LogP contribution is 2.17. The molecule has 1 unspecified atom stereocenters. The number of benzene rings is 1. The van der Waals surface area contributed by atoms with Crippen molar-refractivity contribution in [3.8, 4) is 5.75 Å². The first kappa shape index (κ1) is 13.1. The zero-order valence-electron chi connectivity index (χ0n) is 10.8. The van der Waals surface area contributed by atoms with Crippen LogP contribution in [-0.2, 0) is 6.42 Å². The fourth-order valence-electron chi connectivity index (χ4n) is 1.90. The molecular formula is C15H24O. The SMILES string of the molecule is CCCCC(C)CCc1ccc(OC)cc1. The highest BCUT2D eigenvalue weighted by atomic mass is 16.5. The molecule has 0 aliphatic rings. The lowest BCUT2D eigenvalue weighted by Gasteiger charge is -2.10. The third-order valence-corrected chi connectivity index (χ3v) is 3.14. The first-order valence-corrected chi connectivity index (χ1v) is 6.39. The summed E-state index contributed by atoms with van der Waals surface area (Å²) >= 11 is 0. The maximum Gasteiger partial charge on any atom is 0.118 e. The minimum atomic E-state index is 0.849. The van der Waals surface area contributed by atoms with Gasteiger partial charge in [0.2, 0.25) is 0 Å². The molecule has 0 aliphatic heterocycles. The van der Waals surface area contributed by atoms with Gasteiger partial charge in [-0.2, -0.15) is 0 Å². The van der Waals surface area contributed by atoms with E-state index < -0.39 is 0 Å². The van der Waals surface area contributed by atoms with Crippen LogP contribution in [0, 0.1) is 5.92 Å². The van der Waals surface area contributed by atoms with Gasteiger partial charge in [0.1, 0.15) is 5.75 Å². The molecule has 0 amide bonds. The maximum atomic E-state index is 5.15. The van der Waals surface area contributed by atoms with E-state index in [4.69, 9.17) is 4.74 Å². The third-order valence-electron chi connectivity index (χ3n) is 3.14. The summed E-state index contributed by atoms with van der Waals surface area (Å²) in [5, 5.41) is 0. The van der Waals surface area contributed by atoms with E-state index in [2.05, 4.69) is 26.0 Å². The normalized spacial score (nSPS) is 12.4. The number of aryl methyl sites for hydroxylation is 1. The zero-order valence-corrected chi connectivity index (χ0v) is 10.8. The van der Waals surface area contributed by atoms with E-state index >= 15 is 0 Å². The average molecular weight is 220 g/mol. The predicted molar refractivity (Wildman–Crippen MR) is 70.0 cm³/mol. The van der Waals surface area contributed by atoms with Crippen molar-refractivity contribution >= 4 is 0 Å². The lowest BCUT2D eigenvalue weighted by molar-refractivity contribution is 0.414. The highest BCUT2D eigenvalue weighted by molar-refractivity contribution is 5.27. The molecule has 1 aromatic rings. The smallest absolute Gasteiger partial charge is 0.118 e. The summed E-state index contributed by atoms with van der Waals surface area (Å²) < 4.78 is 5.15. The summed E-state index contributed by atoms with van der Waals surface area (Å²) in [5.74, 6) is 1.80. The number of methoxy groups -OCH3 is 1. The van der Waals surface area contributed by atoms with Crippen LogP contribution in [0.15, 0.2) is 24.3 Å². The Balaban J connectivity index is 2.30. The Morgan fingerprint density at radius 3 is 2.38 bits per heavy atom. The summed E-state index contributed by atoms with van der Waals surface area (Å²) in [6.07, 6.45) is 6.53. The molecule has 0 saturated heterocycles. The number of ether oxygens (including phenoxy) is 1.